The first-order valence-electron chi connectivity index (χ1n) is 9.35. The molecule has 4 rings (SSSR count). The maximum absolute atomic E-state index is 5.71. The summed E-state index contributed by atoms with van der Waals surface area (Å²) in [4.78, 5) is 11.1. The van der Waals surface area contributed by atoms with Crippen LogP contribution in [0.4, 0.5) is 0 Å². The van der Waals surface area contributed by atoms with Crippen LogP contribution >= 0.6 is 12.2 Å². The third-order valence-corrected chi connectivity index (χ3v) is 5.33. The topological polar surface area (TPSA) is 46.0 Å². The van der Waals surface area contributed by atoms with E-state index in [2.05, 4.69) is 56.1 Å². The van der Waals surface area contributed by atoms with Gasteiger partial charge in [-0.15, -0.1) is 0 Å². The van der Waals surface area contributed by atoms with Crippen LogP contribution in [0.1, 0.15) is 43.2 Å². The van der Waals surface area contributed by atoms with Gasteiger partial charge in [0.15, 0.2) is 5.11 Å². The number of hydrogen-bond acceptors (Lipinski definition) is 3. The molecular formula is C21H23N5S. The highest BCUT2D eigenvalue weighted by atomic mass is 32.1. The second-order valence-electron chi connectivity index (χ2n) is 6.68. The molecule has 1 aliphatic heterocycles. The van der Waals surface area contributed by atoms with Gasteiger partial charge in [-0.05, 0) is 55.0 Å². The van der Waals surface area contributed by atoms with Gasteiger partial charge < -0.3 is 14.8 Å². The lowest BCUT2D eigenvalue weighted by atomic mass is 10.0. The number of nitrogens with zero attached hydrogens (tertiary/aromatic N) is 4. The molecule has 138 valence electrons. The summed E-state index contributed by atoms with van der Waals surface area (Å²) in [6.45, 7) is 3.13. The predicted molar refractivity (Wildman–Crippen MR) is 111 cm³/mol. The SMILES string of the molecule is CCCCN1C(=S)N[C@H](c2ccccn2)[C@H]1c1cccn1-c1ccncc1. The highest BCUT2D eigenvalue weighted by Crippen LogP contribution is 2.39. The van der Waals surface area contributed by atoms with Crippen LogP contribution in [0.15, 0.2) is 67.3 Å². The number of unbranched alkanes of at least 4 members (excludes halogenated alkanes) is 1. The van der Waals surface area contributed by atoms with Gasteiger partial charge in [0.25, 0.3) is 0 Å². The largest absolute Gasteiger partial charge is 0.352 e. The summed E-state index contributed by atoms with van der Waals surface area (Å²) in [7, 11) is 0. The summed E-state index contributed by atoms with van der Waals surface area (Å²) in [5.41, 5.74) is 3.30. The van der Waals surface area contributed by atoms with Crippen molar-refractivity contribution < 1.29 is 0 Å². The number of rotatable bonds is 6. The molecule has 5 nitrogen and oxygen atoms in total. The van der Waals surface area contributed by atoms with E-state index in [1.807, 2.05) is 42.9 Å². The Balaban J connectivity index is 1.78. The summed E-state index contributed by atoms with van der Waals surface area (Å²) in [6.07, 6.45) is 9.81. The normalized spacial score (nSPS) is 19.3. The maximum Gasteiger partial charge on any atom is 0.170 e. The molecule has 6 heteroatoms. The molecule has 0 aliphatic carbocycles. The lowest BCUT2D eigenvalue weighted by Crippen LogP contribution is -2.31. The van der Waals surface area contributed by atoms with Gasteiger partial charge in [-0.1, -0.05) is 19.4 Å². The van der Waals surface area contributed by atoms with Crippen molar-refractivity contribution in [3.63, 3.8) is 0 Å². The Morgan fingerprint density at radius 2 is 1.93 bits per heavy atom. The minimum Gasteiger partial charge on any atom is -0.352 e. The van der Waals surface area contributed by atoms with E-state index in [9.17, 15) is 0 Å². The van der Waals surface area contributed by atoms with Crippen LogP contribution in [-0.4, -0.2) is 31.1 Å². The van der Waals surface area contributed by atoms with E-state index >= 15 is 0 Å². The molecule has 27 heavy (non-hydrogen) atoms. The Morgan fingerprint density at radius 1 is 1.07 bits per heavy atom. The zero-order chi connectivity index (χ0) is 18.6. The summed E-state index contributed by atoms with van der Waals surface area (Å²) in [5.74, 6) is 0. The predicted octanol–water partition coefficient (Wildman–Crippen LogP) is 4.04. The minimum absolute atomic E-state index is 0.0195. The van der Waals surface area contributed by atoms with Gasteiger partial charge in [0.05, 0.1) is 17.8 Å². The highest BCUT2D eigenvalue weighted by Gasteiger charge is 2.40. The highest BCUT2D eigenvalue weighted by molar-refractivity contribution is 7.80. The molecule has 0 aromatic carbocycles. The van der Waals surface area contributed by atoms with E-state index in [0.717, 1.165) is 35.9 Å². The van der Waals surface area contributed by atoms with E-state index in [-0.39, 0.29) is 12.1 Å². The fourth-order valence-electron chi connectivity index (χ4n) is 3.67. The number of hydrogen-bond donors (Lipinski definition) is 1. The first-order chi connectivity index (χ1) is 13.3. The first-order valence-corrected chi connectivity index (χ1v) is 9.76. The zero-order valence-electron chi connectivity index (χ0n) is 15.3. The van der Waals surface area contributed by atoms with Gasteiger partial charge in [-0.2, -0.15) is 0 Å². The smallest absolute Gasteiger partial charge is 0.170 e. The summed E-state index contributed by atoms with van der Waals surface area (Å²) in [5, 5.41) is 4.31. The molecule has 1 N–H and O–H groups in total. The van der Waals surface area contributed by atoms with E-state index in [4.69, 9.17) is 12.2 Å². The molecule has 0 bridgehead atoms. The molecule has 4 heterocycles. The zero-order valence-corrected chi connectivity index (χ0v) is 16.1. The van der Waals surface area contributed by atoms with Crippen molar-refractivity contribution in [1.29, 1.82) is 0 Å². The second-order valence-corrected chi connectivity index (χ2v) is 7.07. The summed E-state index contributed by atoms with van der Waals surface area (Å²) in [6, 6.07) is 14.5. The van der Waals surface area contributed by atoms with Gasteiger partial charge in [0.2, 0.25) is 0 Å². The fraction of sp³-hybridized carbons (Fsp3) is 0.286. The average molecular weight is 378 g/mol. The summed E-state index contributed by atoms with van der Waals surface area (Å²) < 4.78 is 2.22. The lowest BCUT2D eigenvalue weighted by molar-refractivity contribution is 0.304. The molecule has 0 unspecified atom stereocenters. The Bertz CT molecular complexity index is 893. The standard InChI is InChI=1S/C21H23N5S/c1-2-3-14-26-20(19(24-21(26)27)17-7-4-5-11-23-17)18-8-6-15-25(18)16-9-12-22-13-10-16/h4-13,15,19-20H,2-3,14H2,1H3,(H,24,27)/t19-,20-/m1/s1. The third-order valence-electron chi connectivity index (χ3n) is 4.97. The molecule has 1 aliphatic rings. The van der Waals surface area contributed by atoms with Crippen molar-refractivity contribution in [2.24, 2.45) is 0 Å². The monoisotopic (exact) mass is 377 g/mol. The Hall–Kier alpha value is -2.73. The number of aromatic nitrogens is 3. The Morgan fingerprint density at radius 3 is 2.67 bits per heavy atom. The van der Waals surface area contributed by atoms with Crippen molar-refractivity contribution in [2.45, 2.75) is 31.8 Å². The third kappa shape index (κ3) is 3.45. The average Bonchev–Trinajstić information content (AvgIpc) is 3.32. The molecule has 1 fully saturated rings. The van der Waals surface area contributed by atoms with Crippen LogP contribution in [0.3, 0.4) is 0 Å². The lowest BCUT2D eigenvalue weighted by Gasteiger charge is -2.28. The fourth-order valence-corrected chi connectivity index (χ4v) is 4.00. The number of nitrogens with one attached hydrogen (secondary N) is 1. The van der Waals surface area contributed by atoms with Crippen LogP contribution in [0.25, 0.3) is 5.69 Å². The van der Waals surface area contributed by atoms with E-state index in [0.29, 0.717) is 0 Å². The molecular weight excluding hydrogens is 354 g/mol. The molecule has 1 saturated heterocycles. The van der Waals surface area contributed by atoms with Crippen molar-refractivity contribution in [3.8, 4) is 5.69 Å². The molecule has 2 atom stereocenters. The quantitative estimate of drug-likeness (QED) is 0.657. The number of pyridine rings is 2. The Labute approximate surface area is 165 Å². The van der Waals surface area contributed by atoms with Gasteiger partial charge in [0, 0.05) is 42.7 Å². The van der Waals surface area contributed by atoms with Crippen LogP contribution < -0.4 is 5.32 Å². The van der Waals surface area contributed by atoms with Crippen LogP contribution in [0.5, 0.6) is 0 Å². The van der Waals surface area contributed by atoms with Crippen LogP contribution in [0, 0.1) is 0 Å². The molecule has 3 aromatic heterocycles. The van der Waals surface area contributed by atoms with Crippen molar-refractivity contribution in [2.75, 3.05) is 6.54 Å². The molecule has 0 saturated carbocycles. The first kappa shape index (κ1) is 17.7. The van der Waals surface area contributed by atoms with Gasteiger partial charge >= 0.3 is 0 Å². The van der Waals surface area contributed by atoms with Gasteiger partial charge in [-0.25, -0.2) is 0 Å². The second kappa shape index (κ2) is 7.88. The molecule has 3 aromatic rings. The molecule has 0 amide bonds. The molecule has 0 radical (unpaired) electrons. The van der Waals surface area contributed by atoms with Crippen LogP contribution in [0.2, 0.25) is 0 Å². The van der Waals surface area contributed by atoms with E-state index < -0.39 is 0 Å². The van der Waals surface area contributed by atoms with Crippen LogP contribution in [-0.2, 0) is 0 Å². The van der Waals surface area contributed by atoms with Gasteiger partial charge in [-0.3, -0.25) is 9.97 Å². The maximum atomic E-state index is 5.71. The van der Waals surface area contributed by atoms with E-state index in [1.54, 1.807) is 0 Å². The minimum atomic E-state index is 0.0195. The van der Waals surface area contributed by atoms with Crippen molar-refractivity contribution in [1.82, 2.24) is 24.8 Å². The molecule has 0 spiro atoms. The van der Waals surface area contributed by atoms with E-state index in [1.165, 1.54) is 5.69 Å². The van der Waals surface area contributed by atoms with Crippen molar-refractivity contribution >= 4 is 17.3 Å². The number of thiocarbonyl (C=S) groups is 1. The summed E-state index contributed by atoms with van der Waals surface area (Å²) >= 11 is 5.71. The van der Waals surface area contributed by atoms with Crippen molar-refractivity contribution in [3.05, 3.63) is 78.6 Å². The Kier molecular flexibility index (Phi) is 5.16. The van der Waals surface area contributed by atoms with Gasteiger partial charge in [0.1, 0.15) is 0 Å².